The molecule has 0 heterocycles. The fourth-order valence-corrected chi connectivity index (χ4v) is 0.415. The first-order valence-corrected chi connectivity index (χ1v) is 3.17. The maximum absolute atomic E-state index is 4.50. The number of rotatable bonds is 2. The maximum atomic E-state index is 4.50. The topological polar surface area (TPSA) is 11.3 Å². The van der Waals surface area contributed by atoms with Gasteiger partial charge in [0.1, 0.15) is 0 Å². The van der Waals surface area contributed by atoms with Crippen LogP contribution in [0.3, 0.4) is 0 Å². The average Bonchev–Trinajstić information content (AvgIpc) is 1.89. The second-order valence-corrected chi connectivity index (χ2v) is 1.71. The van der Waals surface area contributed by atoms with Gasteiger partial charge in [0.25, 0.3) is 6.29 Å². The first-order chi connectivity index (χ1) is 4.41. The van der Waals surface area contributed by atoms with Crippen LogP contribution in [0.5, 0.6) is 0 Å². The van der Waals surface area contributed by atoms with Crippen molar-refractivity contribution >= 4 is 6.29 Å². The molecule has 1 nitrogen and oxygen atoms in total. The largest absolute Gasteiger partial charge is 0.345 e. The van der Waals surface area contributed by atoms with E-state index < -0.39 is 0 Å². The number of hydrogen-bond donors (Lipinski definition) is 0. The first-order valence-electron chi connectivity index (χ1n) is 3.17. The van der Waals surface area contributed by atoms with E-state index >= 15 is 0 Å². The normalized spacial score (nSPS) is 9.11. The quantitative estimate of drug-likeness (QED) is 0.228. The van der Waals surface area contributed by atoms with Crippen LogP contribution in [-0.2, 0) is 4.42 Å². The van der Waals surface area contributed by atoms with Crippen molar-refractivity contribution in [3.8, 4) is 11.8 Å². The third kappa shape index (κ3) is 7.23. The van der Waals surface area contributed by atoms with Crippen LogP contribution in [0.4, 0.5) is 0 Å². The van der Waals surface area contributed by atoms with E-state index in [-0.39, 0.29) is 0 Å². The van der Waals surface area contributed by atoms with Crippen molar-refractivity contribution in [2.75, 3.05) is 7.11 Å². The number of unbranched alkanes of at least 4 members (excludes halogenated alkanes) is 2. The van der Waals surface area contributed by atoms with E-state index in [1.165, 1.54) is 12.8 Å². The highest BCUT2D eigenvalue weighted by Crippen LogP contribution is 1.89. The van der Waals surface area contributed by atoms with Crippen molar-refractivity contribution in [2.45, 2.75) is 26.2 Å². The number of carbonyl (C=O) groups excluding carboxylic acids is 1. The molecule has 0 aliphatic carbocycles. The van der Waals surface area contributed by atoms with E-state index in [4.69, 9.17) is 0 Å². The summed E-state index contributed by atoms with van der Waals surface area (Å²) in [6, 6.07) is 0. The Balaban J connectivity index is 3.16. The van der Waals surface area contributed by atoms with Crippen molar-refractivity contribution in [1.82, 2.24) is 0 Å². The van der Waals surface area contributed by atoms with Crippen molar-refractivity contribution in [2.24, 2.45) is 0 Å². The maximum Gasteiger partial charge on any atom is 0.272 e. The molecule has 0 N–H and O–H groups in total. The van der Waals surface area contributed by atoms with Gasteiger partial charge >= 0.3 is 0 Å². The Morgan fingerprint density at radius 1 is 1.56 bits per heavy atom. The van der Waals surface area contributed by atoms with Crippen molar-refractivity contribution in [3.63, 3.8) is 0 Å². The molecule has 0 aromatic rings. The van der Waals surface area contributed by atoms with Gasteiger partial charge in [0, 0.05) is 0 Å². The summed E-state index contributed by atoms with van der Waals surface area (Å²) in [5.41, 5.74) is 0. The SMILES string of the molecule is CCCCC#C[C-]=[O+]C. The highest BCUT2D eigenvalue weighted by Gasteiger charge is 1.68. The molecular formula is C8H12O. The fraction of sp³-hybridized carbons (Fsp3) is 0.625. The van der Waals surface area contributed by atoms with E-state index in [0.29, 0.717) is 0 Å². The van der Waals surface area contributed by atoms with Crippen molar-refractivity contribution < 1.29 is 4.42 Å². The molecule has 0 fully saturated rings. The summed E-state index contributed by atoms with van der Waals surface area (Å²) in [5, 5.41) is 0. The van der Waals surface area contributed by atoms with Gasteiger partial charge in [-0.3, -0.25) is 0 Å². The third-order valence-corrected chi connectivity index (χ3v) is 0.897. The highest BCUT2D eigenvalue weighted by atomic mass is 16.4. The van der Waals surface area contributed by atoms with E-state index in [9.17, 15) is 0 Å². The average molecular weight is 124 g/mol. The predicted octanol–water partition coefficient (Wildman–Crippen LogP) is 1.46. The van der Waals surface area contributed by atoms with Gasteiger partial charge in [0.05, 0.1) is 0 Å². The van der Waals surface area contributed by atoms with Gasteiger partial charge in [0.2, 0.25) is 7.11 Å². The Labute approximate surface area is 56.8 Å². The van der Waals surface area contributed by atoms with Gasteiger partial charge < -0.3 is 10.3 Å². The summed E-state index contributed by atoms with van der Waals surface area (Å²) < 4.78 is 4.50. The molecule has 50 valence electrons. The Morgan fingerprint density at radius 3 is 2.89 bits per heavy atom. The minimum absolute atomic E-state index is 0.951. The molecule has 0 aliphatic heterocycles. The second kappa shape index (κ2) is 7.23. The van der Waals surface area contributed by atoms with Gasteiger partial charge in [-0.1, -0.05) is 26.2 Å². The molecule has 0 amide bonds. The molecule has 0 atom stereocenters. The minimum atomic E-state index is 0.951. The summed E-state index contributed by atoms with van der Waals surface area (Å²) in [6.45, 7) is 2.14. The Kier molecular flexibility index (Phi) is 6.61. The first kappa shape index (κ1) is 8.23. The van der Waals surface area contributed by atoms with Crippen LogP contribution in [0.1, 0.15) is 26.2 Å². The van der Waals surface area contributed by atoms with Gasteiger partial charge in [0.15, 0.2) is 0 Å². The minimum Gasteiger partial charge on any atom is -0.345 e. The summed E-state index contributed by atoms with van der Waals surface area (Å²) in [6.07, 6.45) is 5.76. The smallest absolute Gasteiger partial charge is 0.272 e. The van der Waals surface area contributed by atoms with Gasteiger partial charge in [-0.15, -0.1) is 0 Å². The molecule has 0 saturated heterocycles. The van der Waals surface area contributed by atoms with Crippen LogP contribution in [-0.4, -0.2) is 13.4 Å². The fourth-order valence-electron chi connectivity index (χ4n) is 0.415. The molecule has 1 heteroatoms. The molecule has 0 bridgehead atoms. The van der Waals surface area contributed by atoms with Crippen LogP contribution in [0, 0.1) is 11.8 Å². The van der Waals surface area contributed by atoms with Crippen molar-refractivity contribution in [3.05, 3.63) is 0 Å². The van der Waals surface area contributed by atoms with Gasteiger partial charge in [-0.05, 0) is 0 Å². The summed E-state index contributed by atoms with van der Waals surface area (Å²) in [7, 11) is 1.55. The summed E-state index contributed by atoms with van der Waals surface area (Å²) in [5.74, 6) is 5.55. The van der Waals surface area contributed by atoms with Crippen LogP contribution < -0.4 is 0 Å². The molecule has 0 aromatic heterocycles. The van der Waals surface area contributed by atoms with E-state index in [1.807, 2.05) is 0 Å². The number of hydrogen-bond acceptors (Lipinski definition) is 0. The lowest BCUT2D eigenvalue weighted by atomic mass is 10.3. The molecule has 0 rings (SSSR count). The zero-order valence-electron chi connectivity index (χ0n) is 6.03. The third-order valence-electron chi connectivity index (χ3n) is 0.897. The zero-order chi connectivity index (χ0) is 6.95. The molecule has 0 aliphatic rings. The summed E-state index contributed by atoms with van der Waals surface area (Å²) >= 11 is 0. The van der Waals surface area contributed by atoms with Crippen LogP contribution in [0.15, 0.2) is 0 Å². The molecule has 0 radical (unpaired) electrons. The lowest BCUT2D eigenvalue weighted by molar-refractivity contribution is 0.187. The van der Waals surface area contributed by atoms with E-state index in [0.717, 1.165) is 6.42 Å². The lowest BCUT2D eigenvalue weighted by Crippen LogP contribution is -1.70. The highest BCUT2D eigenvalue weighted by molar-refractivity contribution is 5.73. The molecular weight excluding hydrogens is 112 g/mol. The summed E-state index contributed by atoms with van der Waals surface area (Å²) in [4.78, 5) is 0. The van der Waals surface area contributed by atoms with Gasteiger partial charge in [-0.25, -0.2) is 0 Å². The van der Waals surface area contributed by atoms with E-state index in [2.05, 4.69) is 29.5 Å². The van der Waals surface area contributed by atoms with E-state index in [1.54, 1.807) is 7.11 Å². The van der Waals surface area contributed by atoms with Crippen LogP contribution >= 0.6 is 0 Å². The van der Waals surface area contributed by atoms with Crippen LogP contribution in [0.2, 0.25) is 0 Å². The molecule has 0 spiro atoms. The lowest BCUT2D eigenvalue weighted by Gasteiger charge is -1.87. The zero-order valence-corrected chi connectivity index (χ0v) is 6.03. The van der Waals surface area contributed by atoms with Crippen molar-refractivity contribution in [1.29, 1.82) is 0 Å². The van der Waals surface area contributed by atoms with Crippen LogP contribution in [0.25, 0.3) is 0 Å². The Bertz CT molecular complexity index is 125. The predicted molar refractivity (Wildman–Crippen MR) is 38.9 cm³/mol. The molecule has 0 aromatic carbocycles. The molecule has 0 saturated carbocycles. The molecule has 9 heavy (non-hydrogen) atoms. The monoisotopic (exact) mass is 124 g/mol. The Morgan fingerprint density at radius 2 is 2.33 bits per heavy atom. The molecule has 0 unspecified atom stereocenters. The van der Waals surface area contributed by atoms with Gasteiger partial charge in [-0.2, -0.15) is 5.92 Å². The Hall–Kier alpha value is -0.770. The second-order valence-electron chi connectivity index (χ2n) is 1.71. The standard InChI is InChI=1S/C8H12O/c1-3-4-5-6-7-8-9-2/h3-5H2,1-2H3.